The summed E-state index contributed by atoms with van der Waals surface area (Å²) in [4.78, 5) is 18.9. The Morgan fingerprint density at radius 1 is 1.56 bits per heavy atom. The molecule has 0 aliphatic heterocycles. The molecule has 5 nitrogen and oxygen atoms in total. The maximum atomic E-state index is 10.9. The predicted molar refractivity (Wildman–Crippen MR) is 61.3 cm³/mol. The minimum absolute atomic E-state index is 0.0484. The first-order valence-corrected chi connectivity index (χ1v) is 5.55. The van der Waals surface area contributed by atoms with Crippen molar-refractivity contribution in [3.8, 4) is 0 Å². The van der Waals surface area contributed by atoms with Crippen molar-refractivity contribution < 1.29 is 14.6 Å². The molecule has 0 aliphatic carbocycles. The van der Waals surface area contributed by atoms with E-state index in [0.29, 0.717) is 10.3 Å². The van der Waals surface area contributed by atoms with E-state index in [0.717, 1.165) is 0 Å². The summed E-state index contributed by atoms with van der Waals surface area (Å²) in [5.74, 6) is -0.528. The van der Waals surface area contributed by atoms with E-state index < -0.39 is 5.97 Å². The zero-order valence-electron chi connectivity index (χ0n) is 9.27. The van der Waals surface area contributed by atoms with Crippen LogP contribution in [0.3, 0.4) is 0 Å². The number of carboxylic acid groups (broad SMARTS) is 1. The van der Waals surface area contributed by atoms with E-state index in [1.165, 1.54) is 6.20 Å². The molecule has 0 aliphatic rings. The number of methoxy groups -OCH3 is 1. The standard InChI is InChI=1S/C10H13BrN2O3/c1-5(2)8(16-3)9-12-4-6(11)7(13-9)10(14)15/h4-5,8H,1-3H3,(H,14,15). The highest BCUT2D eigenvalue weighted by Crippen LogP contribution is 2.23. The van der Waals surface area contributed by atoms with Gasteiger partial charge in [-0.25, -0.2) is 14.8 Å². The van der Waals surface area contributed by atoms with Crippen LogP contribution in [0.25, 0.3) is 0 Å². The number of ether oxygens (including phenoxy) is 1. The topological polar surface area (TPSA) is 72.3 Å². The van der Waals surface area contributed by atoms with Crippen LogP contribution >= 0.6 is 15.9 Å². The number of nitrogens with zero attached hydrogens (tertiary/aromatic N) is 2. The quantitative estimate of drug-likeness (QED) is 0.920. The highest BCUT2D eigenvalue weighted by molar-refractivity contribution is 9.10. The Labute approximate surface area is 102 Å². The average molecular weight is 289 g/mol. The number of hydrogen-bond donors (Lipinski definition) is 1. The second-order valence-electron chi connectivity index (χ2n) is 3.63. The lowest BCUT2D eigenvalue weighted by Crippen LogP contribution is -2.15. The van der Waals surface area contributed by atoms with Gasteiger partial charge in [-0.1, -0.05) is 13.8 Å². The van der Waals surface area contributed by atoms with Gasteiger partial charge in [-0.2, -0.15) is 0 Å². The van der Waals surface area contributed by atoms with Crippen LogP contribution in [-0.2, 0) is 4.74 Å². The summed E-state index contributed by atoms with van der Waals surface area (Å²) in [6, 6.07) is 0. The molecule has 0 bridgehead atoms. The van der Waals surface area contributed by atoms with Gasteiger partial charge in [-0.15, -0.1) is 0 Å². The maximum absolute atomic E-state index is 10.9. The van der Waals surface area contributed by atoms with Gasteiger partial charge in [-0.05, 0) is 21.8 Å². The van der Waals surface area contributed by atoms with Crippen LogP contribution in [0.1, 0.15) is 36.3 Å². The Hall–Kier alpha value is -1.01. The maximum Gasteiger partial charge on any atom is 0.355 e. The molecule has 16 heavy (non-hydrogen) atoms. The molecule has 0 radical (unpaired) electrons. The first-order chi connectivity index (χ1) is 7.47. The Morgan fingerprint density at radius 3 is 2.62 bits per heavy atom. The number of aromatic carboxylic acids is 1. The van der Waals surface area contributed by atoms with E-state index in [4.69, 9.17) is 9.84 Å². The smallest absolute Gasteiger partial charge is 0.355 e. The minimum Gasteiger partial charge on any atom is -0.476 e. The molecule has 0 saturated heterocycles. The number of carbonyl (C=O) groups is 1. The van der Waals surface area contributed by atoms with Crippen molar-refractivity contribution in [2.24, 2.45) is 5.92 Å². The lowest BCUT2D eigenvalue weighted by molar-refractivity contribution is 0.0561. The summed E-state index contributed by atoms with van der Waals surface area (Å²) in [7, 11) is 1.55. The molecule has 1 heterocycles. The van der Waals surface area contributed by atoms with Crippen LogP contribution in [0.5, 0.6) is 0 Å². The Kier molecular flexibility index (Phi) is 4.37. The molecule has 1 rings (SSSR count). The summed E-state index contributed by atoms with van der Waals surface area (Å²) < 4.78 is 5.60. The molecule has 0 fully saturated rings. The summed E-state index contributed by atoms with van der Waals surface area (Å²) in [5, 5.41) is 8.92. The highest BCUT2D eigenvalue weighted by atomic mass is 79.9. The Balaban J connectivity index is 3.15. The second kappa shape index (κ2) is 5.36. The molecule has 1 aromatic heterocycles. The third-order valence-corrected chi connectivity index (χ3v) is 2.66. The van der Waals surface area contributed by atoms with Crippen molar-refractivity contribution in [2.45, 2.75) is 20.0 Å². The van der Waals surface area contributed by atoms with Gasteiger partial charge >= 0.3 is 5.97 Å². The lowest BCUT2D eigenvalue weighted by Gasteiger charge is -2.17. The fourth-order valence-electron chi connectivity index (χ4n) is 1.34. The van der Waals surface area contributed by atoms with Crippen LogP contribution in [0.15, 0.2) is 10.7 Å². The van der Waals surface area contributed by atoms with Crippen molar-refractivity contribution in [1.29, 1.82) is 0 Å². The second-order valence-corrected chi connectivity index (χ2v) is 4.48. The fourth-order valence-corrected chi connectivity index (χ4v) is 1.70. The summed E-state index contributed by atoms with van der Waals surface area (Å²) in [6.07, 6.45) is 1.13. The van der Waals surface area contributed by atoms with E-state index in [1.54, 1.807) is 7.11 Å². The van der Waals surface area contributed by atoms with Gasteiger partial charge in [0.05, 0.1) is 4.47 Å². The van der Waals surface area contributed by atoms with Crippen LogP contribution in [0.4, 0.5) is 0 Å². The molecule has 88 valence electrons. The molecule has 0 saturated carbocycles. The fraction of sp³-hybridized carbons (Fsp3) is 0.500. The van der Waals surface area contributed by atoms with Crippen LogP contribution < -0.4 is 0 Å². The molecule has 1 atom stereocenters. The van der Waals surface area contributed by atoms with E-state index in [-0.39, 0.29) is 17.7 Å². The van der Waals surface area contributed by atoms with Crippen molar-refractivity contribution in [1.82, 2.24) is 9.97 Å². The average Bonchev–Trinajstić information content (AvgIpc) is 2.20. The molecule has 0 spiro atoms. The normalized spacial score (nSPS) is 12.8. The van der Waals surface area contributed by atoms with E-state index in [1.807, 2.05) is 13.8 Å². The SMILES string of the molecule is COC(c1ncc(Br)c(C(=O)O)n1)C(C)C. The Bertz CT molecular complexity index is 396. The number of carboxylic acids is 1. The third kappa shape index (κ3) is 2.76. The highest BCUT2D eigenvalue weighted by Gasteiger charge is 2.21. The summed E-state index contributed by atoms with van der Waals surface area (Å²) in [5.41, 5.74) is -0.0484. The number of halogens is 1. The van der Waals surface area contributed by atoms with Crippen molar-refractivity contribution in [3.05, 3.63) is 22.2 Å². The van der Waals surface area contributed by atoms with E-state index in [2.05, 4.69) is 25.9 Å². The van der Waals surface area contributed by atoms with Crippen molar-refractivity contribution in [2.75, 3.05) is 7.11 Å². The summed E-state index contributed by atoms with van der Waals surface area (Å²) in [6.45, 7) is 3.92. The predicted octanol–water partition coefficient (Wildman–Crippen LogP) is 2.28. The molecule has 0 amide bonds. The zero-order valence-corrected chi connectivity index (χ0v) is 10.9. The van der Waals surface area contributed by atoms with E-state index in [9.17, 15) is 4.79 Å². The number of aromatic nitrogens is 2. The van der Waals surface area contributed by atoms with Crippen LogP contribution in [0.2, 0.25) is 0 Å². The number of rotatable bonds is 4. The van der Waals surface area contributed by atoms with Gasteiger partial charge in [0.1, 0.15) is 6.10 Å². The van der Waals surface area contributed by atoms with Gasteiger partial charge in [0.2, 0.25) is 0 Å². The summed E-state index contributed by atoms with van der Waals surface area (Å²) >= 11 is 3.09. The molecule has 1 N–H and O–H groups in total. The molecular weight excluding hydrogens is 276 g/mol. The minimum atomic E-state index is -1.09. The van der Waals surface area contributed by atoms with Gasteiger partial charge in [0.15, 0.2) is 11.5 Å². The van der Waals surface area contributed by atoms with Crippen LogP contribution in [0, 0.1) is 5.92 Å². The third-order valence-electron chi connectivity index (χ3n) is 2.08. The molecule has 1 unspecified atom stereocenters. The van der Waals surface area contributed by atoms with Gasteiger partial charge in [-0.3, -0.25) is 0 Å². The molecular formula is C10H13BrN2O3. The molecule has 0 aromatic carbocycles. The van der Waals surface area contributed by atoms with Gasteiger partial charge in [0, 0.05) is 13.3 Å². The molecule has 6 heteroatoms. The van der Waals surface area contributed by atoms with Gasteiger partial charge in [0.25, 0.3) is 0 Å². The zero-order chi connectivity index (χ0) is 12.3. The molecule has 1 aromatic rings. The Morgan fingerprint density at radius 2 is 2.19 bits per heavy atom. The largest absolute Gasteiger partial charge is 0.476 e. The van der Waals surface area contributed by atoms with Crippen LogP contribution in [-0.4, -0.2) is 28.2 Å². The van der Waals surface area contributed by atoms with Gasteiger partial charge < -0.3 is 9.84 Å². The van der Waals surface area contributed by atoms with Crippen molar-refractivity contribution in [3.63, 3.8) is 0 Å². The van der Waals surface area contributed by atoms with E-state index >= 15 is 0 Å². The number of hydrogen-bond acceptors (Lipinski definition) is 4. The van der Waals surface area contributed by atoms with Crippen molar-refractivity contribution >= 4 is 21.9 Å². The first-order valence-electron chi connectivity index (χ1n) is 4.76. The first kappa shape index (κ1) is 13.1. The monoisotopic (exact) mass is 288 g/mol. The lowest BCUT2D eigenvalue weighted by atomic mass is 10.1.